The fraction of sp³-hybridized carbons (Fsp3) is 0.680. The van der Waals surface area contributed by atoms with Gasteiger partial charge in [0.25, 0.3) is 0 Å². The van der Waals surface area contributed by atoms with Crippen molar-refractivity contribution in [3.63, 3.8) is 0 Å². The van der Waals surface area contributed by atoms with Gasteiger partial charge in [-0.1, -0.05) is 0 Å². The molecule has 0 saturated carbocycles. The van der Waals surface area contributed by atoms with Crippen LogP contribution in [0, 0.1) is 0 Å². The molecule has 0 spiro atoms. The van der Waals surface area contributed by atoms with Crippen molar-refractivity contribution >= 4 is 55.1 Å². The van der Waals surface area contributed by atoms with E-state index in [1.807, 2.05) is 0 Å². The third-order valence-corrected chi connectivity index (χ3v) is 6.86. The minimum Gasteiger partial charge on any atom is -0.467 e. The van der Waals surface area contributed by atoms with E-state index in [-0.39, 0.29) is 30.0 Å². The zero-order valence-corrected chi connectivity index (χ0v) is 27.4. The van der Waals surface area contributed by atoms with Crippen molar-refractivity contribution in [3.05, 3.63) is 11.6 Å². The van der Waals surface area contributed by atoms with Crippen LogP contribution in [0.2, 0.25) is 5.28 Å². The molecule has 3 atom stereocenters. The van der Waals surface area contributed by atoms with Crippen molar-refractivity contribution in [2.75, 3.05) is 39.9 Å². The van der Waals surface area contributed by atoms with Gasteiger partial charge in [0.2, 0.25) is 19.5 Å². The summed E-state index contributed by atoms with van der Waals surface area (Å²) in [6.45, 7) is 9.42. The third kappa shape index (κ3) is 10.2. The second kappa shape index (κ2) is 15.3. The summed E-state index contributed by atoms with van der Waals surface area (Å²) in [5.74, 6) is -2.31. The summed E-state index contributed by atoms with van der Waals surface area (Å²) in [6, 6.07) is 0. The molecular weight excluding hydrogens is 616 g/mol. The standard InChI is InChI=1S/C25H38ClFN5O10P/c1-24(2,3)41-22(34)32(23(35)42-25(4,5)6)18-16-17(29-21(26)30-18)31(13-28-16)15(27)11-14(36-7)12-40-20(19(33)37-8)43(38-9)39-10/h13-15,20H,11-12H2,1-10H3. The van der Waals surface area contributed by atoms with Crippen molar-refractivity contribution in [1.82, 2.24) is 19.5 Å². The summed E-state index contributed by atoms with van der Waals surface area (Å²) in [4.78, 5) is 51.3. The van der Waals surface area contributed by atoms with Crippen LogP contribution in [0.15, 0.2) is 6.33 Å². The van der Waals surface area contributed by atoms with Gasteiger partial charge in [-0.15, -0.1) is 0 Å². The minimum atomic E-state index is -1.82. The van der Waals surface area contributed by atoms with Crippen molar-refractivity contribution in [3.8, 4) is 0 Å². The van der Waals surface area contributed by atoms with E-state index in [4.69, 9.17) is 44.3 Å². The second-order valence-electron chi connectivity index (χ2n) is 10.8. The zero-order chi connectivity index (χ0) is 32.7. The Kier molecular flexibility index (Phi) is 13.0. The number of aromatic nitrogens is 4. The molecule has 0 aromatic carbocycles. The highest BCUT2D eigenvalue weighted by Crippen LogP contribution is 2.43. The van der Waals surface area contributed by atoms with Gasteiger partial charge in [-0.25, -0.2) is 23.8 Å². The zero-order valence-electron chi connectivity index (χ0n) is 25.7. The molecule has 15 nitrogen and oxygen atoms in total. The maximum atomic E-state index is 15.8. The average Bonchev–Trinajstić information content (AvgIpc) is 3.31. The number of carbonyl (C=O) groups excluding carboxylic acids is 3. The van der Waals surface area contributed by atoms with Gasteiger partial charge in [0.15, 0.2) is 23.3 Å². The number of fused-ring (bicyclic) bond motifs is 1. The highest BCUT2D eigenvalue weighted by molar-refractivity contribution is 7.49. The Bertz CT molecular complexity index is 1240. The van der Waals surface area contributed by atoms with E-state index in [1.54, 1.807) is 41.5 Å². The molecule has 0 N–H and O–H groups in total. The van der Waals surface area contributed by atoms with Crippen molar-refractivity contribution < 1.29 is 51.5 Å². The van der Waals surface area contributed by atoms with Gasteiger partial charge in [-0.3, -0.25) is 4.57 Å². The molecule has 0 saturated heterocycles. The first-order valence-electron chi connectivity index (χ1n) is 12.9. The number of ether oxygens (including phenoxy) is 5. The Morgan fingerprint density at radius 3 is 2.02 bits per heavy atom. The molecular formula is C25H38ClFN5O10P. The lowest BCUT2D eigenvalue weighted by Crippen LogP contribution is -2.44. The van der Waals surface area contributed by atoms with E-state index >= 15 is 4.39 Å². The van der Waals surface area contributed by atoms with Crippen LogP contribution in [0.5, 0.6) is 0 Å². The Morgan fingerprint density at radius 2 is 1.56 bits per heavy atom. The van der Waals surface area contributed by atoms with Crippen LogP contribution in [-0.4, -0.2) is 95.9 Å². The number of imide groups is 1. The average molecular weight is 654 g/mol. The molecule has 242 valence electrons. The van der Waals surface area contributed by atoms with Crippen LogP contribution in [0.3, 0.4) is 0 Å². The lowest BCUT2D eigenvalue weighted by Gasteiger charge is -2.28. The summed E-state index contributed by atoms with van der Waals surface area (Å²) < 4.78 is 53.6. The number of hydrogen-bond acceptors (Lipinski definition) is 13. The van der Waals surface area contributed by atoms with Crippen LogP contribution in [0.4, 0.5) is 19.8 Å². The monoisotopic (exact) mass is 653 g/mol. The minimum absolute atomic E-state index is 0.134. The number of anilines is 1. The topological polar surface area (TPSA) is 163 Å². The molecule has 43 heavy (non-hydrogen) atoms. The fourth-order valence-corrected chi connectivity index (χ4v) is 4.62. The van der Waals surface area contributed by atoms with E-state index in [9.17, 15) is 14.4 Å². The van der Waals surface area contributed by atoms with Gasteiger partial charge in [-0.2, -0.15) is 14.9 Å². The lowest BCUT2D eigenvalue weighted by molar-refractivity contribution is -0.151. The van der Waals surface area contributed by atoms with Crippen LogP contribution in [-0.2, 0) is 37.5 Å². The third-order valence-electron chi connectivity index (χ3n) is 5.23. The van der Waals surface area contributed by atoms with Crippen molar-refractivity contribution in [1.29, 1.82) is 0 Å². The molecule has 2 aromatic heterocycles. The van der Waals surface area contributed by atoms with Crippen molar-refractivity contribution in [2.45, 2.75) is 77.4 Å². The quantitative estimate of drug-likeness (QED) is 0.128. The maximum Gasteiger partial charge on any atom is 0.425 e. The predicted octanol–water partition coefficient (Wildman–Crippen LogP) is 5.15. The number of esters is 1. The van der Waals surface area contributed by atoms with Gasteiger partial charge >= 0.3 is 18.2 Å². The van der Waals surface area contributed by atoms with E-state index in [1.165, 1.54) is 28.4 Å². The Balaban J connectivity index is 2.44. The highest BCUT2D eigenvalue weighted by atomic mass is 35.5. The normalized spacial score (nSPS) is 14.3. The van der Waals surface area contributed by atoms with E-state index in [0.29, 0.717) is 4.90 Å². The summed E-state index contributed by atoms with van der Waals surface area (Å²) in [7, 11) is 3.42. The largest absolute Gasteiger partial charge is 0.467 e. The number of nitrogens with zero attached hydrogens (tertiary/aromatic N) is 5. The molecule has 18 heteroatoms. The van der Waals surface area contributed by atoms with E-state index in [2.05, 4.69) is 15.0 Å². The molecule has 0 aliphatic carbocycles. The number of hydrogen-bond donors (Lipinski definition) is 0. The number of amides is 2. The molecule has 3 unspecified atom stereocenters. The Morgan fingerprint density at radius 1 is 1.00 bits per heavy atom. The summed E-state index contributed by atoms with van der Waals surface area (Å²) in [6.07, 6.45) is -4.13. The van der Waals surface area contributed by atoms with Gasteiger partial charge in [-0.05, 0) is 53.1 Å². The van der Waals surface area contributed by atoms with Gasteiger partial charge in [0, 0.05) is 27.8 Å². The SMILES string of the molecule is COC(=O)C(OCC(CC(F)n1cnc2c(N(C(=O)OC(C)(C)C)C(=O)OC(C)(C)C)nc(Cl)nc21)OC)P(OC)OC. The second-order valence-corrected chi connectivity index (χ2v) is 12.9. The van der Waals surface area contributed by atoms with Crippen LogP contribution < -0.4 is 4.90 Å². The predicted molar refractivity (Wildman–Crippen MR) is 154 cm³/mol. The number of alkyl halides is 1. The number of halogens is 2. The van der Waals surface area contributed by atoms with Crippen molar-refractivity contribution in [2.24, 2.45) is 0 Å². The number of carbonyl (C=O) groups is 3. The Hall–Kier alpha value is -2.75. The fourth-order valence-electron chi connectivity index (χ4n) is 3.44. The molecule has 2 amide bonds. The highest BCUT2D eigenvalue weighted by Gasteiger charge is 2.37. The summed E-state index contributed by atoms with van der Waals surface area (Å²) in [5, 5.41) is -0.409. The molecule has 0 fully saturated rings. The van der Waals surface area contributed by atoms with Crippen LogP contribution in [0.1, 0.15) is 54.3 Å². The van der Waals surface area contributed by atoms with Gasteiger partial charge < -0.3 is 32.7 Å². The molecule has 0 aliphatic rings. The molecule has 0 aliphatic heterocycles. The summed E-state index contributed by atoms with van der Waals surface area (Å²) in [5.41, 5.74) is -2.25. The van der Waals surface area contributed by atoms with Gasteiger partial charge in [0.1, 0.15) is 11.2 Å². The first-order valence-corrected chi connectivity index (χ1v) is 14.5. The van der Waals surface area contributed by atoms with Crippen LogP contribution in [0.25, 0.3) is 11.2 Å². The molecule has 2 aromatic rings. The smallest absolute Gasteiger partial charge is 0.425 e. The number of rotatable bonds is 12. The Labute approximate surface area is 255 Å². The lowest BCUT2D eigenvalue weighted by atomic mass is 10.2. The first kappa shape index (κ1) is 36.4. The van der Waals surface area contributed by atoms with Gasteiger partial charge in [0.05, 0.1) is 26.1 Å². The molecule has 2 rings (SSSR count). The molecule has 0 radical (unpaired) electrons. The van der Waals surface area contributed by atoms with Crippen LogP contribution >= 0.6 is 20.0 Å². The van der Waals surface area contributed by atoms with E-state index in [0.717, 1.165) is 10.9 Å². The number of imidazole rings is 1. The molecule has 0 bridgehead atoms. The number of methoxy groups -OCH3 is 2. The van der Waals surface area contributed by atoms with E-state index < -0.39 is 61.3 Å². The molecule has 2 heterocycles. The maximum absolute atomic E-state index is 15.8. The summed E-state index contributed by atoms with van der Waals surface area (Å²) >= 11 is 6.17. The first-order chi connectivity index (χ1) is 20.0.